The number of carboxylic acids is 1. The Morgan fingerprint density at radius 3 is 2.36 bits per heavy atom. The SMILES string of the molecule is Cc1ccc(S(=O)(=O)[O-])c(C(=O)[O-])c1. The van der Waals surface area contributed by atoms with E-state index in [2.05, 4.69) is 0 Å². The van der Waals surface area contributed by atoms with E-state index in [9.17, 15) is 22.9 Å². The molecule has 0 aliphatic rings. The van der Waals surface area contributed by atoms with Gasteiger partial charge in [0.1, 0.15) is 10.1 Å². The normalized spacial score (nSPS) is 11.3. The predicted octanol–water partition coefficient (Wildman–Crippen LogP) is -0.737. The van der Waals surface area contributed by atoms with Crippen molar-refractivity contribution in [2.75, 3.05) is 0 Å². The molecule has 0 bridgehead atoms. The van der Waals surface area contributed by atoms with Crippen LogP contribution in [0.3, 0.4) is 0 Å². The van der Waals surface area contributed by atoms with Crippen LogP contribution in [-0.4, -0.2) is 18.9 Å². The van der Waals surface area contributed by atoms with Gasteiger partial charge in [-0.05, 0) is 19.1 Å². The van der Waals surface area contributed by atoms with Crippen LogP contribution in [0.4, 0.5) is 0 Å². The van der Waals surface area contributed by atoms with Gasteiger partial charge in [0.05, 0.1) is 10.9 Å². The fourth-order valence-corrected chi connectivity index (χ4v) is 1.67. The summed E-state index contributed by atoms with van der Waals surface area (Å²) in [5, 5.41) is 10.5. The molecule has 6 heteroatoms. The van der Waals surface area contributed by atoms with Gasteiger partial charge in [-0.1, -0.05) is 11.6 Å². The molecule has 1 aromatic rings. The Hall–Kier alpha value is -1.40. The van der Waals surface area contributed by atoms with Crippen LogP contribution in [0, 0.1) is 6.92 Å². The maximum atomic E-state index is 10.6. The number of aromatic carboxylic acids is 1. The zero-order chi connectivity index (χ0) is 10.9. The third kappa shape index (κ3) is 2.09. The van der Waals surface area contributed by atoms with Crippen LogP contribution in [-0.2, 0) is 10.1 Å². The molecular formula is C8H6O5S-2. The minimum Gasteiger partial charge on any atom is -0.744 e. The van der Waals surface area contributed by atoms with E-state index < -0.39 is 26.5 Å². The summed E-state index contributed by atoms with van der Waals surface area (Å²) < 4.78 is 31.9. The zero-order valence-corrected chi connectivity index (χ0v) is 8.00. The Morgan fingerprint density at radius 1 is 1.36 bits per heavy atom. The Labute approximate surface area is 80.7 Å². The average Bonchev–Trinajstić information content (AvgIpc) is 2.01. The second kappa shape index (κ2) is 3.39. The molecule has 0 spiro atoms. The molecule has 0 fully saturated rings. The van der Waals surface area contributed by atoms with Crippen molar-refractivity contribution in [2.45, 2.75) is 11.8 Å². The van der Waals surface area contributed by atoms with Crippen LogP contribution >= 0.6 is 0 Å². The molecule has 0 aliphatic heterocycles. The molecule has 0 unspecified atom stereocenters. The minimum absolute atomic E-state index is 0.539. The van der Waals surface area contributed by atoms with Gasteiger partial charge in [0.15, 0.2) is 0 Å². The van der Waals surface area contributed by atoms with Crippen molar-refractivity contribution < 1.29 is 22.9 Å². The first-order valence-corrected chi connectivity index (χ1v) is 5.01. The van der Waals surface area contributed by atoms with Crippen molar-refractivity contribution in [3.05, 3.63) is 29.3 Å². The first kappa shape index (κ1) is 10.7. The van der Waals surface area contributed by atoms with Gasteiger partial charge in [-0.15, -0.1) is 0 Å². The van der Waals surface area contributed by atoms with Gasteiger partial charge in [-0.2, -0.15) is 0 Å². The molecule has 5 nitrogen and oxygen atoms in total. The van der Waals surface area contributed by atoms with Gasteiger partial charge < -0.3 is 14.5 Å². The van der Waals surface area contributed by atoms with Crippen LogP contribution < -0.4 is 5.11 Å². The van der Waals surface area contributed by atoms with E-state index >= 15 is 0 Å². The number of rotatable bonds is 2. The van der Waals surface area contributed by atoms with Gasteiger partial charge in [0.2, 0.25) is 0 Å². The summed E-state index contributed by atoms with van der Waals surface area (Å²) in [5.74, 6) is -1.68. The quantitative estimate of drug-likeness (QED) is 0.604. The Kier molecular flexibility index (Phi) is 2.59. The molecule has 0 aromatic heterocycles. The molecule has 0 N–H and O–H groups in total. The van der Waals surface area contributed by atoms with Crippen LogP contribution in [0.1, 0.15) is 15.9 Å². The topological polar surface area (TPSA) is 97.3 Å². The minimum atomic E-state index is -4.77. The van der Waals surface area contributed by atoms with E-state index in [1.54, 1.807) is 6.92 Å². The van der Waals surface area contributed by atoms with Crippen LogP contribution in [0.15, 0.2) is 23.1 Å². The van der Waals surface area contributed by atoms with Gasteiger partial charge in [0, 0.05) is 5.56 Å². The fraction of sp³-hybridized carbons (Fsp3) is 0.125. The standard InChI is InChI=1S/C8H8O5S/c1-5-2-3-7(14(11,12)13)6(4-5)8(9)10/h2-4H,1H3,(H,9,10)(H,11,12,13)/p-2. The Balaban J connectivity index is 3.53. The highest BCUT2D eigenvalue weighted by atomic mass is 32.2. The number of hydrogen-bond acceptors (Lipinski definition) is 5. The largest absolute Gasteiger partial charge is 0.744 e. The van der Waals surface area contributed by atoms with Crippen molar-refractivity contribution in [1.82, 2.24) is 0 Å². The predicted molar refractivity (Wildman–Crippen MR) is 43.5 cm³/mol. The lowest BCUT2D eigenvalue weighted by Crippen LogP contribution is -2.24. The highest BCUT2D eigenvalue weighted by Gasteiger charge is 2.09. The zero-order valence-electron chi connectivity index (χ0n) is 7.18. The summed E-state index contributed by atoms with van der Waals surface area (Å²) in [5.41, 5.74) is -0.0587. The number of carboxylic acid groups (broad SMARTS) is 1. The van der Waals surface area contributed by atoms with Crippen molar-refractivity contribution in [3.63, 3.8) is 0 Å². The molecule has 0 aliphatic carbocycles. The summed E-state index contributed by atoms with van der Waals surface area (Å²) in [6.07, 6.45) is 0. The molecule has 76 valence electrons. The molecule has 14 heavy (non-hydrogen) atoms. The first-order valence-electron chi connectivity index (χ1n) is 3.60. The maximum absolute atomic E-state index is 10.6. The molecule has 0 atom stereocenters. The van der Waals surface area contributed by atoms with E-state index in [4.69, 9.17) is 0 Å². The summed E-state index contributed by atoms with van der Waals surface area (Å²) in [7, 11) is -4.77. The lowest BCUT2D eigenvalue weighted by Gasteiger charge is -2.13. The fourth-order valence-electron chi connectivity index (χ4n) is 1.02. The summed E-state index contributed by atoms with van der Waals surface area (Å²) in [6, 6.07) is 3.39. The monoisotopic (exact) mass is 214 g/mol. The molecule has 0 saturated carbocycles. The molecule has 0 radical (unpaired) electrons. The van der Waals surface area contributed by atoms with Gasteiger partial charge in [-0.3, -0.25) is 0 Å². The summed E-state index contributed by atoms with van der Waals surface area (Å²) in [6.45, 7) is 1.58. The third-order valence-corrected chi connectivity index (χ3v) is 2.52. The van der Waals surface area contributed by atoms with E-state index in [0.717, 1.165) is 12.1 Å². The molecular weight excluding hydrogens is 208 g/mol. The molecule has 1 rings (SSSR count). The molecule has 1 aromatic carbocycles. The number of carbonyl (C=O) groups excluding carboxylic acids is 1. The molecule has 0 heterocycles. The summed E-state index contributed by atoms with van der Waals surface area (Å²) in [4.78, 5) is 9.75. The number of benzene rings is 1. The number of hydrogen-bond donors (Lipinski definition) is 0. The highest BCUT2D eigenvalue weighted by Crippen LogP contribution is 2.16. The Morgan fingerprint density at radius 2 is 1.93 bits per heavy atom. The first-order chi connectivity index (χ1) is 6.32. The lowest BCUT2D eigenvalue weighted by molar-refractivity contribution is -0.255. The Bertz CT molecular complexity index is 475. The number of aryl methyl sites for hydroxylation is 1. The van der Waals surface area contributed by atoms with E-state index in [1.165, 1.54) is 6.07 Å². The van der Waals surface area contributed by atoms with Gasteiger partial charge in [-0.25, -0.2) is 8.42 Å². The lowest BCUT2D eigenvalue weighted by atomic mass is 10.1. The van der Waals surface area contributed by atoms with E-state index in [0.29, 0.717) is 5.56 Å². The van der Waals surface area contributed by atoms with E-state index in [-0.39, 0.29) is 0 Å². The van der Waals surface area contributed by atoms with Crippen LogP contribution in [0.2, 0.25) is 0 Å². The van der Waals surface area contributed by atoms with Gasteiger partial charge >= 0.3 is 0 Å². The second-order valence-corrected chi connectivity index (χ2v) is 4.09. The second-order valence-electron chi connectivity index (χ2n) is 2.74. The van der Waals surface area contributed by atoms with Crippen molar-refractivity contribution in [3.8, 4) is 0 Å². The van der Waals surface area contributed by atoms with E-state index in [1.807, 2.05) is 0 Å². The van der Waals surface area contributed by atoms with Crippen molar-refractivity contribution in [2.24, 2.45) is 0 Å². The molecule has 0 amide bonds. The van der Waals surface area contributed by atoms with Crippen molar-refractivity contribution >= 4 is 16.1 Å². The van der Waals surface area contributed by atoms with Crippen LogP contribution in [0.25, 0.3) is 0 Å². The summed E-state index contributed by atoms with van der Waals surface area (Å²) >= 11 is 0. The number of carbonyl (C=O) groups is 1. The van der Waals surface area contributed by atoms with Crippen LogP contribution in [0.5, 0.6) is 0 Å². The highest BCUT2D eigenvalue weighted by molar-refractivity contribution is 7.85. The van der Waals surface area contributed by atoms with Gasteiger partial charge in [0.25, 0.3) is 0 Å². The maximum Gasteiger partial charge on any atom is 0.125 e. The van der Waals surface area contributed by atoms with Crippen molar-refractivity contribution in [1.29, 1.82) is 0 Å². The third-order valence-electron chi connectivity index (χ3n) is 1.62. The average molecular weight is 214 g/mol. The molecule has 0 saturated heterocycles. The smallest absolute Gasteiger partial charge is 0.125 e.